The van der Waals surface area contributed by atoms with Gasteiger partial charge in [-0.3, -0.25) is 14.3 Å². The third-order valence-electron chi connectivity index (χ3n) is 7.58. The molecule has 2 aromatic rings. The number of aromatic nitrogens is 2. The molecule has 0 unspecified atom stereocenters. The Balaban J connectivity index is 1.24. The van der Waals surface area contributed by atoms with Crippen LogP contribution in [0.3, 0.4) is 0 Å². The minimum absolute atomic E-state index is 0.00906. The van der Waals surface area contributed by atoms with Gasteiger partial charge in [0.15, 0.2) is 5.69 Å². The van der Waals surface area contributed by atoms with Crippen LogP contribution in [-0.2, 0) is 28.9 Å². The first-order chi connectivity index (χ1) is 17.3. The van der Waals surface area contributed by atoms with Gasteiger partial charge in [0, 0.05) is 56.2 Å². The lowest BCUT2D eigenvalue weighted by molar-refractivity contribution is -0.132. The Morgan fingerprint density at radius 1 is 1.06 bits per heavy atom. The van der Waals surface area contributed by atoms with Crippen molar-refractivity contribution in [2.75, 3.05) is 51.3 Å². The topological polar surface area (TPSA) is 80.1 Å². The molecule has 0 radical (unpaired) electrons. The lowest BCUT2D eigenvalue weighted by Gasteiger charge is -2.37. The summed E-state index contributed by atoms with van der Waals surface area (Å²) in [6.45, 7) is 10.3. The van der Waals surface area contributed by atoms with Gasteiger partial charge in [-0.1, -0.05) is 0 Å². The molecule has 2 aliphatic heterocycles. The number of ether oxygens (including phenoxy) is 2. The molecule has 2 amide bonds. The van der Waals surface area contributed by atoms with Gasteiger partial charge in [-0.2, -0.15) is 5.10 Å². The van der Waals surface area contributed by atoms with Crippen LogP contribution in [0.4, 0.5) is 5.69 Å². The van der Waals surface area contributed by atoms with E-state index >= 15 is 0 Å². The predicted molar refractivity (Wildman–Crippen MR) is 137 cm³/mol. The van der Waals surface area contributed by atoms with Crippen LogP contribution in [-0.4, -0.2) is 90.0 Å². The van der Waals surface area contributed by atoms with E-state index in [1.807, 2.05) is 35.8 Å². The van der Waals surface area contributed by atoms with Crippen LogP contribution >= 0.6 is 0 Å². The first-order valence-electron chi connectivity index (χ1n) is 13.0. The quantitative estimate of drug-likeness (QED) is 0.633. The number of nitrogens with zero attached hydrogens (tertiary/aromatic N) is 5. The van der Waals surface area contributed by atoms with Crippen molar-refractivity contribution < 1.29 is 19.1 Å². The lowest BCUT2D eigenvalue weighted by atomic mass is 10.1. The smallest absolute Gasteiger partial charge is 0.274 e. The van der Waals surface area contributed by atoms with Gasteiger partial charge in [0.2, 0.25) is 5.91 Å². The second kappa shape index (κ2) is 10.1. The molecule has 1 aromatic carbocycles. The van der Waals surface area contributed by atoms with Crippen molar-refractivity contribution in [3.05, 3.63) is 40.7 Å². The Kier molecular flexibility index (Phi) is 6.92. The maximum atomic E-state index is 13.4. The number of methoxy groups -OCH3 is 1. The standard InChI is InChI=1S/C27H37N5O4/c1-18-14-21(35-4)8-9-23(18)29-10-12-30(13-11-29)25(33)17-32-24-7-5-6-22(24)26(28-32)27(34)31-15-19(2)36-20(3)16-31/h8-9,14,19-20H,5-7,10-13,15-17H2,1-4H3/t19-,20+. The molecule has 3 aliphatic rings. The number of anilines is 1. The van der Waals surface area contributed by atoms with E-state index in [0.717, 1.165) is 49.4 Å². The van der Waals surface area contributed by atoms with E-state index in [1.54, 1.807) is 11.8 Å². The van der Waals surface area contributed by atoms with Crippen LogP contribution in [0, 0.1) is 6.92 Å². The summed E-state index contributed by atoms with van der Waals surface area (Å²) >= 11 is 0. The molecule has 0 N–H and O–H groups in total. The number of fused-ring (bicyclic) bond motifs is 1. The number of piperazine rings is 1. The molecule has 3 heterocycles. The fourth-order valence-electron chi connectivity index (χ4n) is 5.84. The third-order valence-corrected chi connectivity index (χ3v) is 7.58. The first kappa shape index (κ1) is 24.6. The molecule has 194 valence electrons. The molecule has 9 heteroatoms. The van der Waals surface area contributed by atoms with Crippen LogP contribution in [0.2, 0.25) is 0 Å². The Morgan fingerprint density at radius 3 is 2.44 bits per heavy atom. The van der Waals surface area contributed by atoms with E-state index in [1.165, 1.54) is 11.3 Å². The van der Waals surface area contributed by atoms with Crippen molar-refractivity contribution in [1.82, 2.24) is 19.6 Å². The average Bonchev–Trinajstić information content (AvgIpc) is 3.47. The summed E-state index contributed by atoms with van der Waals surface area (Å²) in [6.07, 6.45) is 2.73. The summed E-state index contributed by atoms with van der Waals surface area (Å²) in [5.74, 6) is 0.878. The molecule has 1 aromatic heterocycles. The Hall–Kier alpha value is -3.07. The zero-order chi connectivity index (χ0) is 25.4. The Morgan fingerprint density at radius 2 is 1.78 bits per heavy atom. The van der Waals surface area contributed by atoms with Crippen molar-refractivity contribution in [3.8, 4) is 5.75 Å². The number of aryl methyl sites for hydroxylation is 1. The zero-order valence-electron chi connectivity index (χ0n) is 21.8. The van der Waals surface area contributed by atoms with E-state index in [4.69, 9.17) is 14.6 Å². The molecule has 0 bridgehead atoms. The van der Waals surface area contributed by atoms with Crippen LogP contribution in [0.25, 0.3) is 0 Å². The Labute approximate surface area is 212 Å². The van der Waals surface area contributed by atoms with Crippen LogP contribution in [0.15, 0.2) is 18.2 Å². The van der Waals surface area contributed by atoms with Crippen molar-refractivity contribution >= 4 is 17.5 Å². The number of carbonyl (C=O) groups is 2. The summed E-state index contributed by atoms with van der Waals surface area (Å²) in [5, 5.41) is 4.70. The summed E-state index contributed by atoms with van der Waals surface area (Å²) in [5.41, 5.74) is 4.95. The highest BCUT2D eigenvalue weighted by Gasteiger charge is 2.33. The van der Waals surface area contributed by atoms with Gasteiger partial charge in [0.05, 0.1) is 19.3 Å². The normalized spacial score (nSPS) is 22.1. The van der Waals surface area contributed by atoms with Gasteiger partial charge in [-0.05, 0) is 63.8 Å². The molecule has 2 fully saturated rings. The molecular weight excluding hydrogens is 458 g/mol. The third kappa shape index (κ3) is 4.81. The second-order valence-electron chi connectivity index (χ2n) is 10.3. The summed E-state index contributed by atoms with van der Waals surface area (Å²) in [4.78, 5) is 32.7. The molecule has 1 aliphatic carbocycles. The van der Waals surface area contributed by atoms with Crippen LogP contribution in [0.1, 0.15) is 47.6 Å². The Bertz CT molecular complexity index is 1130. The molecule has 0 spiro atoms. The second-order valence-corrected chi connectivity index (χ2v) is 10.3. The summed E-state index contributed by atoms with van der Waals surface area (Å²) in [6, 6.07) is 6.12. The van der Waals surface area contributed by atoms with E-state index < -0.39 is 0 Å². The highest BCUT2D eigenvalue weighted by molar-refractivity contribution is 5.94. The number of amides is 2. The molecule has 9 nitrogen and oxygen atoms in total. The van der Waals surface area contributed by atoms with Crippen molar-refractivity contribution in [1.29, 1.82) is 0 Å². The lowest BCUT2D eigenvalue weighted by Crippen LogP contribution is -2.50. The number of benzene rings is 1. The van der Waals surface area contributed by atoms with E-state index in [9.17, 15) is 9.59 Å². The fourth-order valence-corrected chi connectivity index (χ4v) is 5.84. The maximum Gasteiger partial charge on any atom is 0.274 e. The van der Waals surface area contributed by atoms with Gasteiger partial charge < -0.3 is 24.2 Å². The van der Waals surface area contributed by atoms with Gasteiger partial charge >= 0.3 is 0 Å². The summed E-state index contributed by atoms with van der Waals surface area (Å²) < 4.78 is 12.9. The number of morpholine rings is 1. The average molecular weight is 496 g/mol. The maximum absolute atomic E-state index is 13.4. The predicted octanol–water partition coefficient (Wildman–Crippen LogP) is 2.29. The van der Waals surface area contributed by atoms with Crippen molar-refractivity contribution in [3.63, 3.8) is 0 Å². The molecule has 0 saturated carbocycles. The van der Waals surface area contributed by atoms with Crippen molar-refractivity contribution in [2.45, 2.75) is 58.8 Å². The van der Waals surface area contributed by atoms with Gasteiger partial charge in [0.1, 0.15) is 12.3 Å². The molecule has 36 heavy (non-hydrogen) atoms. The SMILES string of the molecule is COc1ccc(N2CCN(C(=O)Cn3nc(C(=O)N4C[C@@H](C)O[C@@H](C)C4)c4c3CCC4)CC2)c(C)c1. The minimum Gasteiger partial charge on any atom is -0.497 e. The largest absolute Gasteiger partial charge is 0.497 e. The minimum atomic E-state index is -0.0372. The first-order valence-corrected chi connectivity index (χ1v) is 13.0. The zero-order valence-corrected chi connectivity index (χ0v) is 21.8. The highest BCUT2D eigenvalue weighted by atomic mass is 16.5. The van der Waals surface area contributed by atoms with Crippen molar-refractivity contribution in [2.24, 2.45) is 0 Å². The molecular formula is C27H37N5O4. The van der Waals surface area contributed by atoms with Gasteiger partial charge in [0.25, 0.3) is 5.91 Å². The van der Waals surface area contributed by atoms with E-state index in [0.29, 0.717) is 31.9 Å². The van der Waals surface area contributed by atoms with E-state index in [-0.39, 0.29) is 30.6 Å². The van der Waals surface area contributed by atoms with Gasteiger partial charge in [-0.25, -0.2) is 0 Å². The van der Waals surface area contributed by atoms with Crippen LogP contribution < -0.4 is 9.64 Å². The van der Waals surface area contributed by atoms with Gasteiger partial charge in [-0.15, -0.1) is 0 Å². The summed E-state index contributed by atoms with van der Waals surface area (Å²) in [7, 11) is 1.68. The number of carbonyl (C=O) groups excluding carboxylic acids is 2. The van der Waals surface area contributed by atoms with Crippen LogP contribution in [0.5, 0.6) is 5.75 Å². The number of hydrogen-bond donors (Lipinski definition) is 0. The highest BCUT2D eigenvalue weighted by Crippen LogP contribution is 2.28. The monoisotopic (exact) mass is 495 g/mol. The number of rotatable bonds is 5. The fraction of sp³-hybridized carbons (Fsp3) is 0.593. The molecule has 2 saturated heterocycles. The molecule has 5 rings (SSSR count). The van der Waals surface area contributed by atoms with E-state index in [2.05, 4.69) is 17.9 Å². The molecule has 2 atom stereocenters. The number of hydrogen-bond acceptors (Lipinski definition) is 6.